The van der Waals surface area contributed by atoms with Crippen molar-refractivity contribution in [1.29, 1.82) is 0 Å². The fourth-order valence-corrected chi connectivity index (χ4v) is 1.93. The van der Waals surface area contributed by atoms with Crippen molar-refractivity contribution < 1.29 is 4.79 Å². The van der Waals surface area contributed by atoms with E-state index in [0.29, 0.717) is 11.7 Å². The molecule has 0 aliphatic heterocycles. The van der Waals surface area contributed by atoms with Gasteiger partial charge in [-0.2, -0.15) is 5.10 Å². The molecule has 1 aliphatic carbocycles. The number of nitrogens with two attached hydrogens (primary N) is 1. The quantitative estimate of drug-likeness (QED) is 0.789. The van der Waals surface area contributed by atoms with Crippen LogP contribution in [0.3, 0.4) is 0 Å². The zero-order chi connectivity index (χ0) is 11.8. The van der Waals surface area contributed by atoms with Gasteiger partial charge in [-0.1, -0.05) is 0 Å². The second kappa shape index (κ2) is 3.97. The number of carbonyl (C=O) groups is 1. The van der Waals surface area contributed by atoms with E-state index in [1.807, 2.05) is 13.8 Å². The summed E-state index contributed by atoms with van der Waals surface area (Å²) < 4.78 is 1.74. The van der Waals surface area contributed by atoms with Crippen molar-refractivity contribution in [1.82, 2.24) is 14.8 Å². The third-order valence-electron chi connectivity index (χ3n) is 3.34. The zero-order valence-corrected chi connectivity index (χ0v) is 9.81. The molecule has 16 heavy (non-hydrogen) atoms. The Morgan fingerprint density at radius 2 is 2.38 bits per heavy atom. The predicted octanol–water partition coefficient (Wildman–Crippen LogP) is 0.537. The molecule has 0 amide bonds. The summed E-state index contributed by atoms with van der Waals surface area (Å²) in [5.74, 6) is 1.14. The van der Waals surface area contributed by atoms with Gasteiger partial charge in [0.1, 0.15) is 12.2 Å². The largest absolute Gasteiger partial charge is 0.319 e. The van der Waals surface area contributed by atoms with E-state index in [4.69, 9.17) is 5.73 Å². The molecule has 1 unspecified atom stereocenters. The van der Waals surface area contributed by atoms with Crippen molar-refractivity contribution >= 4 is 5.78 Å². The fourth-order valence-electron chi connectivity index (χ4n) is 1.93. The summed E-state index contributed by atoms with van der Waals surface area (Å²) in [6.07, 6.45) is 3.91. The zero-order valence-electron chi connectivity index (χ0n) is 9.81. The van der Waals surface area contributed by atoms with Crippen molar-refractivity contribution in [3.8, 4) is 0 Å². The molecular formula is C11H18N4O. The minimum absolute atomic E-state index is 0.0673. The maximum absolute atomic E-state index is 12.1. The van der Waals surface area contributed by atoms with Gasteiger partial charge in [0.2, 0.25) is 0 Å². The van der Waals surface area contributed by atoms with E-state index in [-0.39, 0.29) is 12.2 Å². The fraction of sp³-hybridized carbons (Fsp3) is 0.727. The topological polar surface area (TPSA) is 73.8 Å². The molecule has 88 valence electrons. The highest BCUT2D eigenvalue weighted by atomic mass is 16.1. The Hall–Kier alpha value is -1.23. The SMILES string of the molecule is CCn1ncnc1CC(=O)C(C)(N)C1CC1. The lowest BCUT2D eigenvalue weighted by molar-refractivity contribution is -0.123. The monoisotopic (exact) mass is 222 g/mol. The number of ketones is 1. The van der Waals surface area contributed by atoms with Crippen molar-refractivity contribution in [3.05, 3.63) is 12.2 Å². The highest BCUT2D eigenvalue weighted by molar-refractivity contribution is 5.89. The molecule has 1 saturated carbocycles. The summed E-state index contributed by atoms with van der Waals surface area (Å²) in [7, 11) is 0. The minimum Gasteiger partial charge on any atom is -0.319 e. The number of hydrogen-bond acceptors (Lipinski definition) is 4. The van der Waals surface area contributed by atoms with E-state index >= 15 is 0 Å². The van der Waals surface area contributed by atoms with Crippen LogP contribution in [0.25, 0.3) is 0 Å². The molecule has 1 heterocycles. The van der Waals surface area contributed by atoms with E-state index in [0.717, 1.165) is 19.4 Å². The third kappa shape index (κ3) is 2.00. The molecule has 2 N–H and O–H groups in total. The van der Waals surface area contributed by atoms with Crippen LogP contribution >= 0.6 is 0 Å². The van der Waals surface area contributed by atoms with Crippen LogP contribution < -0.4 is 5.73 Å². The lowest BCUT2D eigenvalue weighted by atomic mass is 9.90. The van der Waals surface area contributed by atoms with Gasteiger partial charge in [-0.15, -0.1) is 0 Å². The van der Waals surface area contributed by atoms with Gasteiger partial charge in [0, 0.05) is 6.54 Å². The predicted molar refractivity (Wildman–Crippen MR) is 59.7 cm³/mol. The second-order valence-electron chi connectivity index (χ2n) is 4.65. The molecule has 1 aromatic rings. The standard InChI is InChI=1S/C11H18N4O/c1-3-15-10(13-7-14-15)6-9(16)11(2,12)8-4-5-8/h7-8H,3-6,12H2,1-2H3. The Morgan fingerprint density at radius 1 is 1.69 bits per heavy atom. The lowest BCUT2D eigenvalue weighted by Crippen LogP contribution is -2.48. The first-order chi connectivity index (χ1) is 7.55. The second-order valence-corrected chi connectivity index (χ2v) is 4.65. The van der Waals surface area contributed by atoms with Crippen LogP contribution in [0.2, 0.25) is 0 Å². The minimum atomic E-state index is -0.690. The summed E-state index contributed by atoms with van der Waals surface area (Å²) in [5, 5.41) is 4.04. The summed E-state index contributed by atoms with van der Waals surface area (Å²) >= 11 is 0. The molecule has 1 atom stereocenters. The number of Topliss-reactive ketones (excluding diaryl/α,β-unsaturated/α-hetero) is 1. The molecule has 0 spiro atoms. The summed E-state index contributed by atoms with van der Waals surface area (Å²) in [6, 6.07) is 0. The van der Waals surface area contributed by atoms with Gasteiger partial charge in [-0.05, 0) is 32.6 Å². The van der Waals surface area contributed by atoms with Crippen LogP contribution in [0.5, 0.6) is 0 Å². The normalized spacial score (nSPS) is 19.4. The number of rotatable bonds is 5. The molecule has 1 aliphatic rings. The van der Waals surface area contributed by atoms with Gasteiger partial charge in [-0.3, -0.25) is 4.79 Å². The smallest absolute Gasteiger partial charge is 0.160 e. The van der Waals surface area contributed by atoms with Crippen molar-refractivity contribution in [2.45, 2.75) is 45.2 Å². The van der Waals surface area contributed by atoms with Gasteiger partial charge < -0.3 is 5.73 Å². The highest BCUT2D eigenvalue weighted by Gasteiger charge is 2.43. The van der Waals surface area contributed by atoms with E-state index in [1.165, 1.54) is 6.33 Å². The average Bonchev–Trinajstić information content (AvgIpc) is 3.01. The Kier molecular flexibility index (Phi) is 2.80. The number of carbonyl (C=O) groups excluding carboxylic acids is 1. The molecule has 0 radical (unpaired) electrons. The van der Waals surface area contributed by atoms with Crippen LogP contribution in [0.15, 0.2) is 6.33 Å². The number of aryl methyl sites for hydroxylation is 1. The van der Waals surface area contributed by atoms with Gasteiger partial charge >= 0.3 is 0 Å². The van der Waals surface area contributed by atoms with Gasteiger partial charge in [0.25, 0.3) is 0 Å². The van der Waals surface area contributed by atoms with Gasteiger partial charge in [0.05, 0.1) is 12.0 Å². The van der Waals surface area contributed by atoms with Gasteiger partial charge in [-0.25, -0.2) is 9.67 Å². The van der Waals surface area contributed by atoms with Crippen LogP contribution in [0, 0.1) is 5.92 Å². The van der Waals surface area contributed by atoms with Crippen molar-refractivity contribution in [2.24, 2.45) is 11.7 Å². The Morgan fingerprint density at radius 3 is 2.94 bits per heavy atom. The third-order valence-corrected chi connectivity index (χ3v) is 3.34. The van der Waals surface area contributed by atoms with E-state index < -0.39 is 5.54 Å². The molecule has 0 saturated heterocycles. The van der Waals surface area contributed by atoms with E-state index in [2.05, 4.69) is 10.1 Å². The maximum atomic E-state index is 12.1. The Labute approximate surface area is 95.0 Å². The lowest BCUT2D eigenvalue weighted by Gasteiger charge is -2.22. The molecule has 1 fully saturated rings. The maximum Gasteiger partial charge on any atom is 0.160 e. The first-order valence-corrected chi connectivity index (χ1v) is 5.74. The first-order valence-electron chi connectivity index (χ1n) is 5.74. The molecule has 5 nitrogen and oxygen atoms in total. The molecule has 2 rings (SSSR count). The van der Waals surface area contributed by atoms with E-state index in [1.54, 1.807) is 4.68 Å². The molecular weight excluding hydrogens is 204 g/mol. The highest BCUT2D eigenvalue weighted by Crippen LogP contribution is 2.38. The van der Waals surface area contributed by atoms with Crippen LogP contribution in [-0.4, -0.2) is 26.1 Å². The van der Waals surface area contributed by atoms with Crippen LogP contribution in [-0.2, 0) is 17.8 Å². The number of nitrogens with zero attached hydrogens (tertiary/aromatic N) is 3. The Balaban J connectivity index is 2.07. The summed E-state index contributed by atoms with van der Waals surface area (Å²) in [5.41, 5.74) is 5.38. The summed E-state index contributed by atoms with van der Waals surface area (Å²) in [4.78, 5) is 16.2. The molecule has 1 aromatic heterocycles. The number of aromatic nitrogens is 3. The molecule has 0 bridgehead atoms. The summed E-state index contributed by atoms with van der Waals surface area (Å²) in [6.45, 7) is 4.54. The first kappa shape index (κ1) is 11.3. The van der Waals surface area contributed by atoms with Crippen molar-refractivity contribution in [2.75, 3.05) is 0 Å². The Bertz CT molecular complexity index is 392. The van der Waals surface area contributed by atoms with Crippen LogP contribution in [0.4, 0.5) is 0 Å². The van der Waals surface area contributed by atoms with E-state index in [9.17, 15) is 4.79 Å². The average molecular weight is 222 g/mol. The molecule has 0 aromatic carbocycles. The molecule has 5 heteroatoms. The van der Waals surface area contributed by atoms with Gasteiger partial charge in [0.15, 0.2) is 5.78 Å². The van der Waals surface area contributed by atoms with Crippen molar-refractivity contribution in [3.63, 3.8) is 0 Å². The number of hydrogen-bond donors (Lipinski definition) is 1. The van der Waals surface area contributed by atoms with Crippen LogP contribution in [0.1, 0.15) is 32.5 Å².